The molecule has 9 heteroatoms. The van der Waals surface area contributed by atoms with Crippen LogP contribution in [0, 0.1) is 0 Å². The predicted molar refractivity (Wildman–Crippen MR) is 134 cm³/mol. The molecule has 0 saturated carbocycles. The van der Waals surface area contributed by atoms with Gasteiger partial charge in [0.2, 0.25) is 5.91 Å². The number of anilines is 2. The lowest BCUT2D eigenvalue weighted by atomic mass is 10.2. The topological polar surface area (TPSA) is 76.6 Å². The van der Waals surface area contributed by atoms with Crippen molar-refractivity contribution < 1.29 is 14.3 Å². The number of para-hydroxylation sites is 1. The molecule has 1 saturated heterocycles. The van der Waals surface area contributed by atoms with Gasteiger partial charge in [-0.25, -0.2) is 9.97 Å². The first kappa shape index (κ1) is 21.8. The van der Waals surface area contributed by atoms with Crippen LogP contribution in [0.3, 0.4) is 0 Å². The Labute approximate surface area is 200 Å². The van der Waals surface area contributed by atoms with E-state index in [1.165, 1.54) is 11.3 Å². The third kappa shape index (κ3) is 5.00. The van der Waals surface area contributed by atoms with Crippen molar-refractivity contribution in [3.8, 4) is 16.3 Å². The number of morpholine rings is 1. The van der Waals surface area contributed by atoms with Crippen molar-refractivity contribution >= 4 is 49.6 Å². The number of rotatable bonds is 7. The number of hydrogen-bond donors (Lipinski definition) is 1. The van der Waals surface area contributed by atoms with E-state index in [0.29, 0.717) is 6.61 Å². The van der Waals surface area contributed by atoms with Gasteiger partial charge >= 0.3 is 0 Å². The van der Waals surface area contributed by atoms with Gasteiger partial charge in [-0.2, -0.15) is 0 Å². The molecule has 7 nitrogen and oxygen atoms in total. The molecule has 2 aromatic heterocycles. The van der Waals surface area contributed by atoms with Gasteiger partial charge in [0, 0.05) is 24.2 Å². The molecule has 3 heterocycles. The summed E-state index contributed by atoms with van der Waals surface area (Å²) in [7, 11) is 0. The normalized spacial score (nSPS) is 13.9. The molecule has 0 atom stereocenters. The SMILES string of the molecule is CCOc1ccccc1-c1nc(CC(=O)Nc2ccc3nc(N4CCOCC4)sc3c2)cs1. The number of carbonyl (C=O) groups is 1. The third-order valence-corrected chi connectivity index (χ3v) is 7.26. The van der Waals surface area contributed by atoms with Gasteiger partial charge in [0.25, 0.3) is 0 Å². The molecule has 0 spiro atoms. The van der Waals surface area contributed by atoms with E-state index in [-0.39, 0.29) is 12.3 Å². The van der Waals surface area contributed by atoms with Crippen molar-refractivity contribution in [1.29, 1.82) is 0 Å². The Balaban J connectivity index is 1.26. The highest BCUT2D eigenvalue weighted by Gasteiger charge is 2.16. The van der Waals surface area contributed by atoms with E-state index in [4.69, 9.17) is 14.5 Å². The molecule has 1 fully saturated rings. The van der Waals surface area contributed by atoms with Crippen LogP contribution in [0.15, 0.2) is 47.8 Å². The Hall–Kier alpha value is -3.01. The van der Waals surface area contributed by atoms with Crippen LogP contribution in [0.5, 0.6) is 5.75 Å². The van der Waals surface area contributed by atoms with Crippen LogP contribution in [-0.2, 0) is 16.0 Å². The zero-order valence-corrected chi connectivity index (χ0v) is 19.9. The molecule has 1 N–H and O–H groups in total. The molecule has 5 rings (SSSR count). The first-order valence-corrected chi connectivity index (χ1v) is 12.6. The number of ether oxygens (including phenoxy) is 2. The summed E-state index contributed by atoms with van der Waals surface area (Å²) in [6.07, 6.45) is 0.215. The van der Waals surface area contributed by atoms with Gasteiger partial charge in [-0.3, -0.25) is 4.79 Å². The molecule has 1 aliphatic rings. The van der Waals surface area contributed by atoms with Gasteiger partial charge in [0.15, 0.2) is 5.13 Å². The van der Waals surface area contributed by atoms with Crippen LogP contribution in [0.25, 0.3) is 20.8 Å². The van der Waals surface area contributed by atoms with Gasteiger partial charge in [0.1, 0.15) is 10.8 Å². The predicted octanol–water partition coefficient (Wildman–Crippen LogP) is 4.84. The summed E-state index contributed by atoms with van der Waals surface area (Å²) in [5.74, 6) is 0.710. The van der Waals surface area contributed by atoms with Gasteiger partial charge in [-0.05, 0) is 37.3 Å². The standard InChI is InChI=1S/C24H24N4O3S2/c1-2-31-20-6-4-3-5-18(20)23-26-17(15-32-23)14-22(29)25-16-7-8-19-21(13-16)33-24(27-19)28-9-11-30-12-10-28/h3-8,13,15H,2,9-12,14H2,1H3,(H,25,29). The number of hydrogen-bond acceptors (Lipinski definition) is 8. The number of nitrogens with zero attached hydrogens (tertiary/aromatic N) is 3. The Morgan fingerprint density at radius 2 is 2.03 bits per heavy atom. The third-order valence-electron chi connectivity index (χ3n) is 5.25. The van der Waals surface area contributed by atoms with E-state index in [0.717, 1.165) is 69.4 Å². The average molecular weight is 481 g/mol. The van der Waals surface area contributed by atoms with Crippen molar-refractivity contribution in [1.82, 2.24) is 9.97 Å². The Morgan fingerprint density at radius 1 is 1.18 bits per heavy atom. The molecule has 170 valence electrons. The lowest BCUT2D eigenvalue weighted by molar-refractivity contribution is -0.115. The fourth-order valence-electron chi connectivity index (χ4n) is 3.69. The van der Waals surface area contributed by atoms with Crippen LogP contribution < -0.4 is 15.0 Å². The number of aromatic nitrogens is 2. The maximum absolute atomic E-state index is 12.7. The highest BCUT2D eigenvalue weighted by Crippen LogP contribution is 2.33. The molecule has 2 aromatic carbocycles. The quantitative estimate of drug-likeness (QED) is 0.408. The summed E-state index contributed by atoms with van der Waals surface area (Å²) in [5, 5.41) is 6.78. The maximum Gasteiger partial charge on any atom is 0.230 e. The van der Waals surface area contributed by atoms with E-state index < -0.39 is 0 Å². The monoisotopic (exact) mass is 480 g/mol. The van der Waals surface area contributed by atoms with E-state index in [1.807, 2.05) is 54.8 Å². The second-order valence-corrected chi connectivity index (χ2v) is 9.44. The highest BCUT2D eigenvalue weighted by molar-refractivity contribution is 7.22. The van der Waals surface area contributed by atoms with Crippen LogP contribution >= 0.6 is 22.7 Å². The Morgan fingerprint density at radius 3 is 2.88 bits per heavy atom. The summed E-state index contributed by atoms with van der Waals surface area (Å²) in [6.45, 7) is 5.72. The minimum atomic E-state index is -0.0952. The fraction of sp³-hybridized carbons (Fsp3) is 0.292. The molecule has 33 heavy (non-hydrogen) atoms. The van der Waals surface area contributed by atoms with Crippen LogP contribution in [0.4, 0.5) is 10.8 Å². The summed E-state index contributed by atoms with van der Waals surface area (Å²) >= 11 is 3.16. The van der Waals surface area contributed by atoms with Gasteiger partial charge in [-0.15, -0.1) is 11.3 Å². The van der Waals surface area contributed by atoms with E-state index >= 15 is 0 Å². The summed E-state index contributed by atoms with van der Waals surface area (Å²) in [4.78, 5) is 24.3. The molecule has 0 bridgehead atoms. The van der Waals surface area contributed by atoms with Crippen molar-refractivity contribution in [2.45, 2.75) is 13.3 Å². The van der Waals surface area contributed by atoms with E-state index in [2.05, 4.69) is 15.2 Å². The molecule has 0 unspecified atom stereocenters. The van der Waals surface area contributed by atoms with Gasteiger partial charge in [-0.1, -0.05) is 23.5 Å². The van der Waals surface area contributed by atoms with Gasteiger partial charge < -0.3 is 19.7 Å². The number of amides is 1. The van der Waals surface area contributed by atoms with Crippen molar-refractivity contribution in [2.24, 2.45) is 0 Å². The molecule has 1 amide bonds. The summed E-state index contributed by atoms with van der Waals surface area (Å²) < 4.78 is 12.2. The van der Waals surface area contributed by atoms with Crippen LogP contribution in [-0.4, -0.2) is 48.8 Å². The first-order valence-electron chi connectivity index (χ1n) is 10.9. The second-order valence-electron chi connectivity index (χ2n) is 7.58. The minimum Gasteiger partial charge on any atom is -0.493 e. The number of carbonyl (C=O) groups excluding carboxylic acids is 1. The smallest absolute Gasteiger partial charge is 0.230 e. The van der Waals surface area contributed by atoms with Crippen LogP contribution in [0.2, 0.25) is 0 Å². The Kier molecular flexibility index (Phi) is 6.52. The first-order chi connectivity index (χ1) is 16.2. The summed E-state index contributed by atoms with van der Waals surface area (Å²) in [6, 6.07) is 13.7. The summed E-state index contributed by atoms with van der Waals surface area (Å²) in [5.41, 5.74) is 3.40. The number of thiazole rings is 2. The highest BCUT2D eigenvalue weighted by atomic mass is 32.1. The molecule has 1 aliphatic heterocycles. The lowest BCUT2D eigenvalue weighted by Crippen LogP contribution is -2.36. The van der Waals surface area contributed by atoms with Crippen LogP contribution in [0.1, 0.15) is 12.6 Å². The zero-order valence-electron chi connectivity index (χ0n) is 18.2. The zero-order chi connectivity index (χ0) is 22.6. The van der Waals surface area contributed by atoms with Crippen molar-refractivity contribution in [2.75, 3.05) is 43.1 Å². The minimum absolute atomic E-state index is 0.0952. The van der Waals surface area contributed by atoms with Crippen molar-refractivity contribution in [3.63, 3.8) is 0 Å². The maximum atomic E-state index is 12.7. The van der Waals surface area contributed by atoms with Gasteiger partial charge in [0.05, 0.1) is 47.7 Å². The number of fused-ring (bicyclic) bond motifs is 1. The van der Waals surface area contributed by atoms with Crippen molar-refractivity contribution in [3.05, 3.63) is 53.5 Å². The molecule has 0 radical (unpaired) electrons. The molecular weight excluding hydrogens is 456 g/mol. The van der Waals surface area contributed by atoms with E-state index in [9.17, 15) is 4.79 Å². The fourth-order valence-corrected chi connectivity index (χ4v) is 5.59. The number of benzene rings is 2. The Bertz CT molecular complexity index is 1260. The average Bonchev–Trinajstić information content (AvgIpc) is 3.47. The lowest BCUT2D eigenvalue weighted by Gasteiger charge is -2.25. The molecule has 0 aliphatic carbocycles. The second kappa shape index (κ2) is 9.86. The molecular formula is C24H24N4O3S2. The number of nitrogens with one attached hydrogen (secondary N) is 1. The molecule has 4 aromatic rings. The van der Waals surface area contributed by atoms with E-state index in [1.54, 1.807) is 11.3 Å². The largest absolute Gasteiger partial charge is 0.493 e.